The molecule has 3 atom stereocenters. The van der Waals surface area contributed by atoms with Crippen LogP contribution in [0.1, 0.15) is 29.5 Å². The van der Waals surface area contributed by atoms with Crippen LogP contribution < -0.4 is 0 Å². The quantitative estimate of drug-likeness (QED) is 0.337. The summed E-state index contributed by atoms with van der Waals surface area (Å²) in [6.45, 7) is 1.47. The lowest BCUT2D eigenvalue weighted by Crippen LogP contribution is -2.42. The Labute approximate surface area is 217 Å². The molecule has 0 saturated carbocycles. The Morgan fingerprint density at radius 3 is 1.95 bits per heavy atom. The second kappa shape index (κ2) is 13.7. The fraction of sp³-hybridized carbons (Fsp3) is 0.333. The van der Waals surface area contributed by atoms with Crippen molar-refractivity contribution in [3.05, 3.63) is 108 Å². The van der Waals surface area contributed by atoms with Gasteiger partial charge < -0.3 is 18.9 Å². The summed E-state index contributed by atoms with van der Waals surface area (Å²) in [6, 6.07) is 29.2. The van der Waals surface area contributed by atoms with Gasteiger partial charge >= 0.3 is 11.9 Å². The molecule has 1 heterocycles. The minimum Gasteiger partial charge on any atom is -0.467 e. The van der Waals surface area contributed by atoms with Crippen molar-refractivity contribution in [2.24, 2.45) is 0 Å². The molecular weight excluding hydrogens is 470 g/mol. The van der Waals surface area contributed by atoms with E-state index in [1.54, 1.807) is 0 Å². The maximum atomic E-state index is 13.5. The van der Waals surface area contributed by atoms with Crippen molar-refractivity contribution in [3.8, 4) is 0 Å². The summed E-state index contributed by atoms with van der Waals surface area (Å²) in [4.78, 5) is 27.5. The minimum absolute atomic E-state index is 0.137. The Kier molecular flexibility index (Phi) is 9.82. The van der Waals surface area contributed by atoms with Crippen molar-refractivity contribution in [2.45, 2.75) is 51.0 Å². The number of esters is 2. The van der Waals surface area contributed by atoms with E-state index in [0.717, 1.165) is 16.7 Å². The van der Waals surface area contributed by atoms with E-state index >= 15 is 0 Å². The molecule has 1 fully saturated rings. The van der Waals surface area contributed by atoms with Crippen molar-refractivity contribution in [2.75, 3.05) is 13.7 Å². The molecule has 3 aromatic carbocycles. The van der Waals surface area contributed by atoms with Crippen LogP contribution in [-0.4, -0.2) is 49.0 Å². The number of carbonyl (C=O) groups is 2. The van der Waals surface area contributed by atoms with Crippen LogP contribution in [0.3, 0.4) is 0 Å². The number of hydrogen-bond donors (Lipinski definition) is 0. The molecule has 0 N–H and O–H groups in total. The maximum Gasteiger partial charge on any atom is 0.337 e. The first-order valence-corrected chi connectivity index (χ1v) is 12.5. The fourth-order valence-electron chi connectivity index (χ4n) is 4.34. The molecule has 0 bridgehead atoms. The normalized spacial score (nSPS) is 17.9. The molecule has 0 aliphatic carbocycles. The first-order chi connectivity index (χ1) is 18.1. The number of benzene rings is 3. The van der Waals surface area contributed by atoms with Crippen molar-refractivity contribution < 1.29 is 28.5 Å². The Morgan fingerprint density at radius 1 is 0.865 bits per heavy atom. The van der Waals surface area contributed by atoms with Gasteiger partial charge in [0, 0.05) is 19.5 Å². The van der Waals surface area contributed by atoms with E-state index in [2.05, 4.69) is 29.2 Å². The van der Waals surface area contributed by atoms with Crippen molar-refractivity contribution in [3.63, 3.8) is 0 Å². The molecule has 0 amide bonds. The van der Waals surface area contributed by atoms with Crippen LogP contribution in [0.4, 0.5) is 0 Å². The Hall–Kier alpha value is -3.52. The fourth-order valence-corrected chi connectivity index (χ4v) is 4.34. The van der Waals surface area contributed by atoms with Gasteiger partial charge in [0.1, 0.15) is 12.6 Å². The summed E-state index contributed by atoms with van der Waals surface area (Å²) in [6.07, 6.45) is -0.475. The molecule has 3 aromatic rings. The average Bonchev–Trinajstić information content (AvgIpc) is 3.42. The van der Waals surface area contributed by atoms with Gasteiger partial charge in [0.25, 0.3) is 0 Å². The van der Waals surface area contributed by atoms with Crippen LogP contribution in [0.15, 0.2) is 91.0 Å². The molecule has 1 aliphatic heterocycles. The number of carbonyl (C=O) groups excluding carboxylic acids is 2. The van der Waals surface area contributed by atoms with Gasteiger partial charge in [-0.2, -0.15) is 0 Å². The predicted octanol–water partition coefficient (Wildman–Crippen LogP) is 4.50. The summed E-state index contributed by atoms with van der Waals surface area (Å²) in [5.74, 6) is -0.769. The smallest absolute Gasteiger partial charge is 0.337 e. The Morgan fingerprint density at radius 2 is 1.41 bits per heavy atom. The average molecular weight is 504 g/mol. The molecule has 1 saturated heterocycles. The second-order valence-corrected chi connectivity index (χ2v) is 8.97. The number of hydrogen-bond acceptors (Lipinski definition) is 7. The molecular formula is C30H33NO6. The summed E-state index contributed by atoms with van der Waals surface area (Å²) in [5, 5.41) is 0. The third-order valence-corrected chi connectivity index (χ3v) is 6.28. The van der Waals surface area contributed by atoms with Crippen molar-refractivity contribution >= 4 is 11.9 Å². The predicted molar refractivity (Wildman–Crippen MR) is 138 cm³/mol. The highest BCUT2D eigenvalue weighted by atomic mass is 16.7. The van der Waals surface area contributed by atoms with Gasteiger partial charge in [-0.1, -0.05) is 91.0 Å². The number of ether oxygens (including phenoxy) is 4. The maximum absolute atomic E-state index is 13.5. The number of rotatable bonds is 12. The monoisotopic (exact) mass is 503 g/mol. The van der Waals surface area contributed by atoms with Crippen LogP contribution in [0.5, 0.6) is 0 Å². The van der Waals surface area contributed by atoms with E-state index < -0.39 is 24.4 Å². The number of methoxy groups -OCH3 is 1. The molecule has 7 heteroatoms. The summed E-state index contributed by atoms with van der Waals surface area (Å²) in [7, 11) is 1.32. The molecule has 1 unspecified atom stereocenters. The highest BCUT2D eigenvalue weighted by Crippen LogP contribution is 2.23. The lowest BCUT2D eigenvalue weighted by atomic mass is 10.1. The van der Waals surface area contributed by atoms with Gasteiger partial charge in [0.05, 0.1) is 13.7 Å². The number of nitrogens with zero attached hydrogens (tertiary/aromatic N) is 1. The first-order valence-electron chi connectivity index (χ1n) is 12.5. The van der Waals surface area contributed by atoms with Gasteiger partial charge in [0.15, 0.2) is 12.4 Å². The highest BCUT2D eigenvalue weighted by molar-refractivity contribution is 5.76. The lowest BCUT2D eigenvalue weighted by molar-refractivity contribution is -0.157. The van der Waals surface area contributed by atoms with E-state index in [-0.39, 0.29) is 19.2 Å². The Balaban J connectivity index is 1.52. The van der Waals surface area contributed by atoms with E-state index in [4.69, 9.17) is 18.9 Å². The first kappa shape index (κ1) is 26.5. The molecule has 0 aromatic heterocycles. The van der Waals surface area contributed by atoms with E-state index in [9.17, 15) is 9.59 Å². The van der Waals surface area contributed by atoms with Gasteiger partial charge in [-0.3, -0.25) is 9.69 Å². The SMILES string of the molecule is COC(=O)[C@@H]1COC(CC[C@@H](C(=O)OCc2ccccc2)N(Cc2ccccc2)Cc2ccccc2)O1. The minimum atomic E-state index is -0.747. The zero-order chi connectivity index (χ0) is 25.9. The summed E-state index contributed by atoms with van der Waals surface area (Å²) >= 11 is 0. The van der Waals surface area contributed by atoms with E-state index in [1.807, 2.05) is 66.7 Å². The second-order valence-electron chi connectivity index (χ2n) is 8.97. The lowest BCUT2D eigenvalue weighted by Gasteiger charge is -2.31. The van der Waals surface area contributed by atoms with Gasteiger partial charge in [-0.15, -0.1) is 0 Å². The molecule has 0 spiro atoms. The standard InChI is InChI=1S/C30H33NO6/c1-34-30(33)27-22-35-28(37-27)18-17-26(29(32)36-21-25-15-9-4-10-16-25)31(19-23-11-5-2-6-12-23)20-24-13-7-3-8-14-24/h2-16,26-28H,17-22H2,1H3/t26-,27-,28?/m0/s1. The van der Waals surface area contributed by atoms with Crippen molar-refractivity contribution in [1.29, 1.82) is 0 Å². The van der Waals surface area contributed by atoms with Crippen LogP contribution >= 0.6 is 0 Å². The molecule has 194 valence electrons. The third kappa shape index (κ3) is 7.98. The van der Waals surface area contributed by atoms with Crippen molar-refractivity contribution in [1.82, 2.24) is 4.90 Å². The molecule has 4 rings (SSSR count). The molecule has 7 nitrogen and oxygen atoms in total. The molecule has 37 heavy (non-hydrogen) atoms. The van der Waals surface area contributed by atoms with Gasteiger partial charge in [0.2, 0.25) is 0 Å². The van der Waals surface area contributed by atoms with E-state index in [1.165, 1.54) is 7.11 Å². The van der Waals surface area contributed by atoms with E-state index in [0.29, 0.717) is 25.9 Å². The summed E-state index contributed by atoms with van der Waals surface area (Å²) < 4.78 is 22.0. The highest BCUT2D eigenvalue weighted by Gasteiger charge is 2.35. The van der Waals surface area contributed by atoms with Gasteiger partial charge in [-0.05, 0) is 23.1 Å². The van der Waals surface area contributed by atoms with Crippen LogP contribution in [0.2, 0.25) is 0 Å². The Bertz CT molecular complexity index is 1070. The third-order valence-electron chi connectivity index (χ3n) is 6.28. The largest absolute Gasteiger partial charge is 0.467 e. The topological polar surface area (TPSA) is 74.3 Å². The van der Waals surface area contributed by atoms with Crippen LogP contribution in [0, 0.1) is 0 Å². The summed E-state index contributed by atoms with van der Waals surface area (Å²) in [5.41, 5.74) is 3.12. The van der Waals surface area contributed by atoms with Crippen LogP contribution in [-0.2, 0) is 48.2 Å². The van der Waals surface area contributed by atoms with Gasteiger partial charge in [-0.25, -0.2) is 4.79 Å². The zero-order valence-corrected chi connectivity index (χ0v) is 21.0. The molecule has 1 aliphatic rings. The zero-order valence-electron chi connectivity index (χ0n) is 21.0. The molecule has 0 radical (unpaired) electrons. The van der Waals surface area contributed by atoms with Crippen LogP contribution in [0.25, 0.3) is 0 Å².